The average molecular weight is 338 g/mol. The molecule has 3 atom stereocenters. The van der Waals surface area contributed by atoms with Crippen LogP contribution in [0.1, 0.15) is 58.8 Å². The topological polar surface area (TPSA) is 74.9 Å². The lowest BCUT2D eigenvalue weighted by Crippen LogP contribution is -2.54. The zero-order valence-corrected chi connectivity index (χ0v) is 15.1. The Morgan fingerprint density at radius 1 is 1.50 bits per heavy atom. The molecular formula is C18H30N2O4. The SMILES string of the molecule is CC(NCC(O)c1ccco1)C1CCCCN1C(=O)OC(C)(C)C. The van der Waals surface area contributed by atoms with Gasteiger partial charge in [0.2, 0.25) is 0 Å². The molecule has 24 heavy (non-hydrogen) atoms. The summed E-state index contributed by atoms with van der Waals surface area (Å²) >= 11 is 0. The van der Waals surface area contributed by atoms with Gasteiger partial charge < -0.3 is 24.5 Å². The lowest BCUT2D eigenvalue weighted by molar-refractivity contribution is 0.00493. The number of carbonyl (C=O) groups is 1. The summed E-state index contributed by atoms with van der Waals surface area (Å²) in [6.45, 7) is 8.78. The van der Waals surface area contributed by atoms with Gasteiger partial charge >= 0.3 is 6.09 Å². The Hall–Kier alpha value is -1.53. The molecule has 136 valence electrons. The number of aliphatic hydroxyl groups excluding tert-OH is 1. The highest BCUT2D eigenvalue weighted by Gasteiger charge is 2.33. The summed E-state index contributed by atoms with van der Waals surface area (Å²) in [5.41, 5.74) is -0.495. The van der Waals surface area contributed by atoms with Crippen molar-refractivity contribution in [2.75, 3.05) is 13.1 Å². The van der Waals surface area contributed by atoms with Gasteiger partial charge in [-0.25, -0.2) is 4.79 Å². The first-order valence-electron chi connectivity index (χ1n) is 8.72. The monoisotopic (exact) mass is 338 g/mol. The zero-order chi connectivity index (χ0) is 17.7. The van der Waals surface area contributed by atoms with Crippen LogP contribution in [0.4, 0.5) is 4.79 Å². The van der Waals surface area contributed by atoms with E-state index in [0.717, 1.165) is 19.3 Å². The van der Waals surface area contributed by atoms with Crippen LogP contribution >= 0.6 is 0 Å². The lowest BCUT2D eigenvalue weighted by Gasteiger charge is -2.40. The van der Waals surface area contributed by atoms with Crippen LogP contribution in [0.5, 0.6) is 0 Å². The first-order valence-corrected chi connectivity index (χ1v) is 8.72. The summed E-state index contributed by atoms with van der Waals surface area (Å²) in [5, 5.41) is 13.5. The molecule has 2 rings (SSSR count). The summed E-state index contributed by atoms with van der Waals surface area (Å²) in [7, 11) is 0. The second kappa shape index (κ2) is 8.03. The van der Waals surface area contributed by atoms with E-state index >= 15 is 0 Å². The van der Waals surface area contributed by atoms with E-state index in [-0.39, 0.29) is 18.2 Å². The number of hydrogen-bond donors (Lipinski definition) is 2. The fraction of sp³-hybridized carbons (Fsp3) is 0.722. The number of nitrogens with zero attached hydrogens (tertiary/aromatic N) is 1. The number of rotatable bonds is 5. The minimum atomic E-state index is -0.694. The van der Waals surface area contributed by atoms with Crippen LogP contribution in [-0.4, -0.2) is 46.9 Å². The van der Waals surface area contributed by atoms with E-state index in [2.05, 4.69) is 5.32 Å². The van der Waals surface area contributed by atoms with Crippen LogP contribution in [0.25, 0.3) is 0 Å². The van der Waals surface area contributed by atoms with Gasteiger partial charge in [-0.2, -0.15) is 0 Å². The first kappa shape index (κ1) is 18.8. The molecule has 2 N–H and O–H groups in total. The smallest absolute Gasteiger partial charge is 0.410 e. The van der Waals surface area contributed by atoms with E-state index in [9.17, 15) is 9.90 Å². The molecule has 1 fully saturated rings. The second-order valence-electron chi connectivity index (χ2n) is 7.47. The molecule has 6 heteroatoms. The predicted octanol–water partition coefficient (Wildman–Crippen LogP) is 3.08. The molecule has 1 aromatic heterocycles. The summed E-state index contributed by atoms with van der Waals surface area (Å²) in [6, 6.07) is 3.64. The predicted molar refractivity (Wildman–Crippen MR) is 91.7 cm³/mol. The standard InChI is InChI=1S/C18H30N2O4/c1-13(19-12-15(21)16-9-7-11-23-16)14-8-5-6-10-20(14)17(22)24-18(2,3)4/h7,9,11,13-15,19,21H,5-6,8,10,12H2,1-4H3. The summed E-state index contributed by atoms with van der Waals surface area (Å²) in [6.07, 6.45) is 3.62. The maximum atomic E-state index is 12.5. The third-order valence-corrected chi connectivity index (χ3v) is 4.26. The quantitative estimate of drug-likeness (QED) is 0.863. The number of likely N-dealkylation sites (tertiary alicyclic amines) is 1. The normalized spacial score (nSPS) is 21.4. The van der Waals surface area contributed by atoms with Crippen molar-refractivity contribution in [3.63, 3.8) is 0 Å². The number of nitrogens with one attached hydrogen (secondary N) is 1. The van der Waals surface area contributed by atoms with Crippen LogP contribution in [0.3, 0.4) is 0 Å². The van der Waals surface area contributed by atoms with Crippen LogP contribution in [-0.2, 0) is 4.74 Å². The second-order valence-corrected chi connectivity index (χ2v) is 7.47. The third kappa shape index (κ3) is 5.24. The van der Waals surface area contributed by atoms with Crippen molar-refractivity contribution in [2.45, 2.75) is 70.7 Å². The minimum Gasteiger partial charge on any atom is -0.467 e. The van der Waals surface area contributed by atoms with Crippen molar-refractivity contribution in [2.24, 2.45) is 0 Å². The van der Waals surface area contributed by atoms with Crippen molar-refractivity contribution < 1.29 is 19.1 Å². The Balaban J connectivity index is 1.92. The van der Waals surface area contributed by atoms with Crippen molar-refractivity contribution in [3.05, 3.63) is 24.2 Å². The highest BCUT2D eigenvalue weighted by atomic mass is 16.6. The van der Waals surface area contributed by atoms with E-state index < -0.39 is 11.7 Å². The molecule has 1 aliphatic rings. The number of carbonyl (C=O) groups excluding carboxylic acids is 1. The number of aliphatic hydroxyl groups is 1. The molecule has 1 aromatic rings. The Kier molecular flexibility index (Phi) is 6.29. The third-order valence-electron chi connectivity index (χ3n) is 4.26. The number of hydrogen-bond acceptors (Lipinski definition) is 5. The van der Waals surface area contributed by atoms with Crippen LogP contribution < -0.4 is 5.32 Å². The Morgan fingerprint density at radius 3 is 2.88 bits per heavy atom. The molecule has 6 nitrogen and oxygen atoms in total. The molecule has 3 unspecified atom stereocenters. The van der Waals surface area contributed by atoms with E-state index in [0.29, 0.717) is 18.8 Å². The van der Waals surface area contributed by atoms with Gasteiger partial charge in [-0.3, -0.25) is 0 Å². The van der Waals surface area contributed by atoms with E-state index in [1.54, 1.807) is 18.4 Å². The molecule has 0 aliphatic carbocycles. The lowest BCUT2D eigenvalue weighted by atomic mass is 9.96. The van der Waals surface area contributed by atoms with Gasteiger partial charge in [0.05, 0.1) is 12.3 Å². The van der Waals surface area contributed by atoms with E-state index in [4.69, 9.17) is 9.15 Å². The molecule has 0 saturated carbocycles. The minimum absolute atomic E-state index is 0.0578. The van der Waals surface area contributed by atoms with Crippen LogP contribution in [0.2, 0.25) is 0 Å². The number of furan rings is 1. The van der Waals surface area contributed by atoms with E-state index in [1.165, 1.54) is 0 Å². The number of amides is 1. The van der Waals surface area contributed by atoms with Crippen molar-refractivity contribution in [1.29, 1.82) is 0 Å². The first-order chi connectivity index (χ1) is 11.3. The summed E-state index contributed by atoms with van der Waals surface area (Å²) in [5.74, 6) is 0.544. The molecule has 0 radical (unpaired) electrons. The molecule has 0 bridgehead atoms. The van der Waals surface area contributed by atoms with Gasteiger partial charge in [-0.15, -0.1) is 0 Å². The Labute approximate surface area is 144 Å². The highest BCUT2D eigenvalue weighted by molar-refractivity contribution is 5.68. The molecule has 2 heterocycles. The van der Waals surface area contributed by atoms with Crippen molar-refractivity contribution >= 4 is 6.09 Å². The van der Waals surface area contributed by atoms with Crippen molar-refractivity contribution in [3.8, 4) is 0 Å². The maximum Gasteiger partial charge on any atom is 0.410 e. The summed E-state index contributed by atoms with van der Waals surface area (Å²) < 4.78 is 10.7. The molecule has 1 amide bonds. The van der Waals surface area contributed by atoms with Gasteiger partial charge in [0.15, 0.2) is 0 Å². The molecule has 0 spiro atoms. The van der Waals surface area contributed by atoms with Gasteiger partial charge in [-0.1, -0.05) is 0 Å². The fourth-order valence-corrected chi connectivity index (χ4v) is 3.04. The number of ether oxygens (including phenoxy) is 1. The van der Waals surface area contributed by atoms with Gasteiger partial charge in [0, 0.05) is 19.1 Å². The maximum absolute atomic E-state index is 12.5. The summed E-state index contributed by atoms with van der Waals surface area (Å²) in [4.78, 5) is 14.3. The van der Waals surface area contributed by atoms with Gasteiger partial charge in [0.1, 0.15) is 17.5 Å². The molecule has 1 saturated heterocycles. The molecular weight excluding hydrogens is 308 g/mol. The number of piperidine rings is 1. The average Bonchev–Trinajstić information content (AvgIpc) is 3.05. The fourth-order valence-electron chi connectivity index (χ4n) is 3.04. The molecule has 0 aromatic carbocycles. The van der Waals surface area contributed by atoms with Gasteiger partial charge in [-0.05, 0) is 59.1 Å². The molecule has 1 aliphatic heterocycles. The Morgan fingerprint density at radius 2 is 2.25 bits per heavy atom. The van der Waals surface area contributed by atoms with Crippen LogP contribution in [0, 0.1) is 0 Å². The Bertz CT molecular complexity index is 510. The van der Waals surface area contributed by atoms with Gasteiger partial charge in [0.25, 0.3) is 0 Å². The van der Waals surface area contributed by atoms with Crippen molar-refractivity contribution in [1.82, 2.24) is 10.2 Å². The van der Waals surface area contributed by atoms with E-state index in [1.807, 2.05) is 32.6 Å². The largest absolute Gasteiger partial charge is 0.467 e. The van der Waals surface area contributed by atoms with Crippen LogP contribution in [0.15, 0.2) is 22.8 Å². The zero-order valence-electron chi connectivity index (χ0n) is 15.1. The highest BCUT2D eigenvalue weighted by Crippen LogP contribution is 2.23.